The number of hydrogen-bond acceptors (Lipinski definition) is 3. The molecular formula is C15H35N3. The van der Waals surface area contributed by atoms with Gasteiger partial charge in [0.25, 0.3) is 0 Å². The normalized spacial score (nSPS) is 12.7. The van der Waals surface area contributed by atoms with E-state index in [0.717, 1.165) is 13.1 Å². The molecule has 0 amide bonds. The van der Waals surface area contributed by atoms with Gasteiger partial charge in [0.15, 0.2) is 0 Å². The van der Waals surface area contributed by atoms with Gasteiger partial charge in [0, 0.05) is 38.3 Å². The summed E-state index contributed by atoms with van der Waals surface area (Å²) in [5, 5.41) is 0. The summed E-state index contributed by atoms with van der Waals surface area (Å²) in [6.07, 6.45) is 0. The van der Waals surface area contributed by atoms with Crippen LogP contribution in [0.25, 0.3) is 0 Å². The quantitative estimate of drug-likeness (QED) is 0.595. The van der Waals surface area contributed by atoms with Gasteiger partial charge in [0.05, 0.1) is 0 Å². The Morgan fingerprint density at radius 2 is 1.00 bits per heavy atom. The molecule has 0 rings (SSSR count). The van der Waals surface area contributed by atoms with Crippen LogP contribution in [-0.4, -0.2) is 73.1 Å². The molecule has 0 bridgehead atoms. The Balaban J connectivity index is 3.86. The van der Waals surface area contributed by atoms with Crippen molar-refractivity contribution in [2.24, 2.45) is 0 Å². The minimum Gasteiger partial charge on any atom is -0.304 e. The average Bonchev–Trinajstić information content (AvgIpc) is 2.29. The average molecular weight is 257 g/mol. The van der Waals surface area contributed by atoms with Crippen LogP contribution in [0.5, 0.6) is 0 Å². The second-order valence-corrected chi connectivity index (χ2v) is 5.75. The lowest BCUT2D eigenvalue weighted by Crippen LogP contribution is -2.41. The summed E-state index contributed by atoms with van der Waals surface area (Å²) in [5.74, 6) is 0. The van der Waals surface area contributed by atoms with Crippen molar-refractivity contribution in [1.82, 2.24) is 14.7 Å². The first-order chi connectivity index (χ1) is 8.42. The highest BCUT2D eigenvalue weighted by molar-refractivity contribution is 4.66. The number of nitrogens with zero attached hydrogens (tertiary/aromatic N) is 3. The molecule has 3 nitrogen and oxygen atoms in total. The first kappa shape index (κ1) is 17.9. The zero-order chi connectivity index (χ0) is 14.1. The predicted molar refractivity (Wildman–Crippen MR) is 82.3 cm³/mol. The van der Waals surface area contributed by atoms with Crippen LogP contribution in [0.15, 0.2) is 0 Å². The molecule has 0 aromatic heterocycles. The summed E-state index contributed by atoms with van der Waals surface area (Å²) in [6.45, 7) is 20.6. The predicted octanol–water partition coefficient (Wildman–Crippen LogP) is 2.38. The molecule has 0 spiro atoms. The van der Waals surface area contributed by atoms with E-state index in [9.17, 15) is 0 Å². The van der Waals surface area contributed by atoms with Gasteiger partial charge in [-0.3, -0.25) is 9.80 Å². The van der Waals surface area contributed by atoms with Crippen molar-refractivity contribution in [3.05, 3.63) is 0 Å². The van der Waals surface area contributed by atoms with Crippen molar-refractivity contribution in [1.29, 1.82) is 0 Å². The lowest BCUT2D eigenvalue weighted by Gasteiger charge is -2.30. The Bertz CT molecular complexity index is 172. The molecule has 0 saturated heterocycles. The van der Waals surface area contributed by atoms with E-state index in [4.69, 9.17) is 0 Å². The van der Waals surface area contributed by atoms with E-state index in [1.54, 1.807) is 0 Å². The molecule has 0 saturated carbocycles. The Kier molecular flexibility index (Phi) is 9.70. The molecule has 0 aromatic carbocycles. The minimum absolute atomic E-state index is 0.659. The fraction of sp³-hybridized carbons (Fsp3) is 1.00. The standard InChI is InChI=1S/C15H35N3/c1-8-17(14(3)4)12-10-16(7)11-13-18(9-2)15(5)6/h14-15H,8-13H2,1-7H3. The van der Waals surface area contributed by atoms with Crippen LogP contribution in [0.2, 0.25) is 0 Å². The van der Waals surface area contributed by atoms with E-state index >= 15 is 0 Å². The maximum Gasteiger partial charge on any atom is 0.0112 e. The Hall–Kier alpha value is -0.120. The summed E-state index contributed by atoms with van der Waals surface area (Å²) >= 11 is 0. The van der Waals surface area contributed by atoms with Gasteiger partial charge < -0.3 is 4.90 Å². The molecule has 110 valence electrons. The molecule has 0 unspecified atom stereocenters. The van der Waals surface area contributed by atoms with Gasteiger partial charge in [0.1, 0.15) is 0 Å². The number of rotatable bonds is 10. The zero-order valence-corrected chi connectivity index (χ0v) is 13.7. The largest absolute Gasteiger partial charge is 0.304 e. The summed E-state index contributed by atoms with van der Waals surface area (Å²) in [5.41, 5.74) is 0. The third kappa shape index (κ3) is 7.34. The second kappa shape index (κ2) is 9.76. The van der Waals surface area contributed by atoms with Crippen molar-refractivity contribution >= 4 is 0 Å². The molecule has 0 aliphatic carbocycles. The summed E-state index contributed by atoms with van der Waals surface area (Å²) in [7, 11) is 2.24. The molecule has 18 heavy (non-hydrogen) atoms. The molecule has 0 aromatic rings. The fourth-order valence-corrected chi connectivity index (χ4v) is 2.27. The monoisotopic (exact) mass is 257 g/mol. The van der Waals surface area contributed by atoms with Gasteiger partial charge in [-0.1, -0.05) is 13.8 Å². The van der Waals surface area contributed by atoms with Gasteiger partial charge in [-0.25, -0.2) is 0 Å². The molecule has 3 heteroatoms. The highest BCUT2D eigenvalue weighted by Crippen LogP contribution is 2.00. The van der Waals surface area contributed by atoms with Crippen LogP contribution in [0.3, 0.4) is 0 Å². The highest BCUT2D eigenvalue weighted by atomic mass is 15.2. The molecular weight excluding hydrogens is 222 g/mol. The van der Waals surface area contributed by atoms with E-state index in [-0.39, 0.29) is 0 Å². The van der Waals surface area contributed by atoms with Crippen molar-refractivity contribution in [3.63, 3.8) is 0 Å². The maximum absolute atomic E-state index is 2.52. The van der Waals surface area contributed by atoms with Gasteiger partial charge >= 0.3 is 0 Å². The third-order valence-electron chi connectivity index (χ3n) is 3.81. The minimum atomic E-state index is 0.659. The van der Waals surface area contributed by atoms with Crippen LogP contribution < -0.4 is 0 Å². The van der Waals surface area contributed by atoms with Crippen LogP contribution in [0.4, 0.5) is 0 Å². The van der Waals surface area contributed by atoms with Crippen molar-refractivity contribution < 1.29 is 0 Å². The zero-order valence-electron chi connectivity index (χ0n) is 13.7. The van der Waals surface area contributed by atoms with Gasteiger partial charge in [-0.05, 0) is 47.8 Å². The molecule has 0 fully saturated rings. The van der Waals surface area contributed by atoms with Crippen LogP contribution >= 0.6 is 0 Å². The first-order valence-corrected chi connectivity index (χ1v) is 7.58. The smallest absolute Gasteiger partial charge is 0.0112 e. The third-order valence-corrected chi connectivity index (χ3v) is 3.81. The maximum atomic E-state index is 2.52. The Morgan fingerprint density at radius 3 is 1.22 bits per heavy atom. The Morgan fingerprint density at radius 1 is 0.667 bits per heavy atom. The summed E-state index contributed by atoms with van der Waals surface area (Å²) < 4.78 is 0. The van der Waals surface area contributed by atoms with Crippen molar-refractivity contribution in [2.45, 2.75) is 53.6 Å². The summed E-state index contributed by atoms with van der Waals surface area (Å²) in [6, 6.07) is 1.32. The second-order valence-electron chi connectivity index (χ2n) is 5.75. The molecule has 0 radical (unpaired) electrons. The fourth-order valence-electron chi connectivity index (χ4n) is 2.27. The molecule has 0 aliphatic rings. The van der Waals surface area contributed by atoms with Crippen molar-refractivity contribution in [3.8, 4) is 0 Å². The number of likely N-dealkylation sites (N-methyl/N-ethyl adjacent to an activating group) is 3. The molecule has 0 N–H and O–H groups in total. The van der Waals surface area contributed by atoms with Crippen LogP contribution in [0.1, 0.15) is 41.5 Å². The topological polar surface area (TPSA) is 9.72 Å². The van der Waals surface area contributed by atoms with Crippen LogP contribution in [-0.2, 0) is 0 Å². The highest BCUT2D eigenvalue weighted by Gasteiger charge is 2.10. The summed E-state index contributed by atoms with van der Waals surface area (Å²) in [4.78, 5) is 7.50. The number of hydrogen-bond donors (Lipinski definition) is 0. The van der Waals surface area contributed by atoms with Crippen LogP contribution in [0, 0.1) is 0 Å². The Labute approximate surface area is 115 Å². The van der Waals surface area contributed by atoms with Gasteiger partial charge in [0.2, 0.25) is 0 Å². The van der Waals surface area contributed by atoms with E-state index in [2.05, 4.69) is 63.3 Å². The van der Waals surface area contributed by atoms with E-state index in [0.29, 0.717) is 12.1 Å². The SMILES string of the molecule is CCN(CCN(C)CCN(CC)C(C)C)C(C)C. The first-order valence-electron chi connectivity index (χ1n) is 7.58. The van der Waals surface area contributed by atoms with Gasteiger partial charge in [-0.2, -0.15) is 0 Å². The molecule has 0 aliphatic heterocycles. The molecule has 0 atom stereocenters. The lowest BCUT2D eigenvalue weighted by atomic mass is 10.3. The van der Waals surface area contributed by atoms with E-state index < -0.39 is 0 Å². The van der Waals surface area contributed by atoms with Crippen molar-refractivity contribution in [2.75, 3.05) is 46.3 Å². The van der Waals surface area contributed by atoms with E-state index in [1.807, 2.05) is 0 Å². The van der Waals surface area contributed by atoms with E-state index in [1.165, 1.54) is 26.2 Å². The lowest BCUT2D eigenvalue weighted by molar-refractivity contribution is 0.170. The van der Waals surface area contributed by atoms with Gasteiger partial charge in [-0.15, -0.1) is 0 Å². The molecule has 0 heterocycles.